The highest BCUT2D eigenvalue weighted by molar-refractivity contribution is 6.20. The number of nitrogens with one attached hydrogen (secondary N) is 1. The van der Waals surface area contributed by atoms with Crippen LogP contribution < -0.4 is 4.90 Å². The fourth-order valence-corrected chi connectivity index (χ4v) is 6.66. The average Bonchev–Trinajstić information content (AvgIpc) is 3.36. The van der Waals surface area contributed by atoms with Crippen LogP contribution in [0.15, 0.2) is 30.3 Å². The molecule has 3 saturated heterocycles. The highest BCUT2D eigenvalue weighted by atomic mass is 16.5. The molecular formula is C33H35N5O3. The molecule has 1 aliphatic carbocycles. The van der Waals surface area contributed by atoms with Crippen molar-refractivity contribution in [1.29, 1.82) is 5.26 Å². The molecule has 0 radical (unpaired) electrons. The summed E-state index contributed by atoms with van der Waals surface area (Å²) in [5.41, 5.74) is 6.35. The number of nitriles is 1. The Balaban J connectivity index is 1.29. The van der Waals surface area contributed by atoms with E-state index in [1.165, 1.54) is 0 Å². The summed E-state index contributed by atoms with van der Waals surface area (Å²) in [5, 5.41) is 10.3. The van der Waals surface area contributed by atoms with E-state index in [0.29, 0.717) is 23.7 Å². The van der Waals surface area contributed by atoms with Gasteiger partial charge in [0.15, 0.2) is 5.78 Å². The number of rotatable bonds is 3. The zero-order valence-corrected chi connectivity index (χ0v) is 23.8. The van der Waals surface area contributed by atoms with Crippen LogP contribution in [-0.4, -0.2) is 98.8 Å². The number of hydrogen-bond donors (Lipinski definition) is 1. The van der Waals surface area contributed by atoms with Crippen LogP contribution in [0.3, 0.4) is 0 Å². The largest absolute Gasteiger partial charge is 0.379 e. The summed E-state index contributed by atoms with van der Waals surface area (Å²) in [6, 6.07) is 12.5. The van der Waals surface area contributed by atoms with Gasteiger partial charge in [0.05, 0.1) is 61.9 Å². The highest BCUT2D eigenvalue weighted by Crippen LogP contribution is 2.45. The lowest BCUT2D eigenvalue weighted by Crippen LogP contribution is -2.56. The summed E-state index contributed by atoms with van der Waals surface area (Å²) < 4.78 is 10.9. The van der Waals surface area contributed by atoms with E-state index in [2.05, 4.69) is 57.5 Å². The number of aromatic nitrogens is 1. The van der Waals surface area contributed by atoms with Crippen molar-refractivity contribution in [3.8, 4) is 17.9 Å². The summed E-state index contributed by atoms with van der Waals surface area (Å²) in [4.78, 5) is 25.0. The summed E-state index contributed by atoms with van der Waals surface area (Å²) in [7, 11) is 0. The fraction of sp³-hybridized carbons (Fsp3) is 0.455. The van der Waals surface area contributed by atoms with E-state index in [-0.39, 0.29) is 5.78 Å². The number of ketones is 1. The third-order valence-electron chi connectivity index (χ3n) is 9.25. The number of aromatic amines is 1. The molecule has 4 heterocycles. The van der Waals surface area contributed by atoms with E-state index in [9.17, 15) is 10.1 Å². The van der Waals surface area contributed by atoms with E-state index < -0.39 is 5.41 Å². The van der Waals surface area contributed by atoms with Gasteiger partial charge >= 0.3 is 0 Å². The van der Waals surface area contributed by atoms with Gasteiger partial charge in [-0.05, 0) is 29.8 Å². The molecule has 0 saturated carbocycles. The molecule has 0 unspecified atom stereocenters. The Morgan fingerprint density at radius 2 is 1.80 bits per heavy atom. The van der Waals surface area contributed by atoms with Crippen LogP contribution in [-0.2, 0) is 14.9 Å². The molecule has 1 N–H and O–H groups in total. The van der Waals surface area contributed by atoms with Gasteiger partial charge in [-0.3, -0.25) is 14.6 Å². The molecule has 0 bridgehead atoms. The molecule has 2 aromatic carbocycles. The van der Waals surface area contributed by atoms with Crippen LogP contribution in [0.5, 0.6) is 0 Å². The number of piperazine rings is 1. The first-order chi connectivity index (χ1) is 19.9. The van der Waals surface area contributed by atoms with Crippen molar-refractivity contribution in [3.05, 3.63) is 63.8 Å². The number of nitrogens with zero attached hydrogens (tertiary/aromatic N) is 4. The molecule has 3 aromatic rings. The summed E-state index contributed by atoms with van der Waals surface area (Å²) in [6.45, 7) is 13.8. The summed E-state index contributed by atoms with van der Waals surface area (Å²) in [5.74, 6) is 6.91. The van der Waals surface area contributed by atoms with Crippen molar-refractivity contribution >= 4 is 22.4 Å². The van der Waals surface area contributed by atoms with Gasteiger partial charge in [0.2, 0.25) is 0 Å². The predicted octanol–water partition coefficient (Wildman–Crippen LogP) is 3.11. The van der Waals surface area contributed by atoms with Crippen molar-refractivity contribution in [1.82, 2.24) is 14.8 Å². The Labute approximate surface area is 240 Å². The van der Waals surface area contributed by atoms with E-state index in [4.69, 9.17) is 9.47 Å². The summed E-state index contributed by atoms with van der Waals surface area (Å²) >= 11 is 0. The molecule has 4 aliphatic rings. The maximum atomic E-state index is 14.2. The number of carbonyl (C=O) groups excluding carboxylic acids is 1. The van der Waals surface area contributed by atoms with Crippen LogP contribution in [0.2, 0.25) is 0 Å². The number of ether oxygens (including phenoxy) is 2. The first-order valence-corrected chi connectivity index (χ1v) is 14.6. The lowest BCUT2D eigenvalue weighted by molar-refractivity contribution is -0.0660. The van der Waals surface area contributed by atoms with Crippen LogP contribution in [0.25, 0.3) is 10.9 Å². The average molecular weight is 550 g/mol. The van der Waals surface area contributed by atoms with Gasteiger partial charge in [-0.2, -0.15) is 5.26 Å². The molecule has 0 amide bonds. The molecule has 210 valence electrons. The van der Waals surface area contributed by atoms with E-state index in [0.717, 1.165) is 105 Å². The van der Waals surface area contributed by atoms with Gasteiger partial charge in [-0.25, -0.2) is 0 Å². The number of hydrogen-bond acceptors (Lipinski definition) is 7. The van der Waals surface area contributed by atoms with Crippen LogP contribution in [0.1, 0.15) is 52.2 Å². The number of morpholine rings is 1. The third-order valence-corrected chi connectivity index (χ3v) is 9.25. The lowest BCUT2D eigenvalue weighted by Gasteiger charge is -2.43. The topological polar surface area (TPSA) is 84.8 Å². The van der Waals surface area contributed by atoms with Gasteiger partial charge in [-0.15, -0.1) is 0 Å². The van der Waals surface area contributed by atoms with E-state index >= 15 is 0 Å². The molecule has 0 spiro atoms. The quantitative estimate of drug-likeness (QED) is 0.503. The van der Waals surface area contributed by atoms with Gasteiger partial charge in [-0.1, -0.05) is 31.8 Å². The van der Waals surface area contributed by atoms with E-state index in [1.807, 2.05) is 18.2 Å². The fourth-order valence-electron chi connectivity index (χ4n) is 6.66. The van der Waals surface area contributed by atoms with Crippen molar-refractivity contribution in [2.75, 3.05) is 77.1 Å². The van der Waals surface area contributed by atoms with Crippen molar-refractivity contribution in [2.45, 2.75) is 25.3 Å². The van der Waals surface area contributed by atoms with Crippen molar-refractivity contribution in [2.24, 2.45) is 0 Å². The van der Waals surface area contributed by atoms with Crippen molar-refractivity contribution in [3.63, 3.8) is 0 Å². The molecule has 8 nitrogen and oxygen atoms in total. The molecule has 8 heteroatoms. The number of anilines is 1. The standard InChI is InChI=1S/C33H35N5O3/c1-33(2)27-18-29(38-10-8-37(9-11-38)24-20-41-21-24)23(4-3-7-36-12-14-40-15-13-36)17-26(27)31(39)30-25-6-5-22(19-34)16-28(25)35-32(30)33/h5-6,16-18,24,35H,7-15,20-21H2,1-2H3. The SMILES string of the molecule is CC1(C)c2cc(N3CCN(C4COC4)CC3)c(C#CCN3CCOCC3)cc2C(=O)c2c1[nH]c1cc(C#N)ccc21. The Morgan fingerprint density at radius 3 is 2.51 bits per heavy atom. The van der Waals surface area contributed by atoms with Gasteiger partial charge in [0, 0.05) is 72.4 Å². The van der Waals surface area contributed by atoms with Gasteiger partial charge < -0.3 is 19.4 Å². The first-order valence-electron chi connectivity index (χ1n) is 14.6. The Morgan fingerprint density at radius 1 is 1.02 bits per heavy atom. The number of carbonyl (C=O) groups is 1. The number of benzene rings is 2. The molecule has 41 heavy (non-hydrogen) atoms. The molecule has 1 aromatic heterocycles. The second kappa shape index (κ2) is 10.3. The van der Waals surface area contributed by atoms with Crippen LogP contribution in [0, 0.1) is 23.2 Å². The molecule has 3 fully saturated rings. The zero-order valence-electron chi connectivity index (χ0n) is 23.8. The Kier molecular flexibility index (Phi) is 6.60. The normalized spacial score (nSPS) is 21.0. The van der Waals surface area contributed by atoms with Crippen molar-refractivity contribution < 1.29 is 14.3 Å². The van der Waals surface area contributed by atoms with Crippen LogP contribution >= 0.6 is 0 Å². The minimum absolute atomic E-state index is 0.0165. The van der Waals surface area contributed by atoms with Crippen LogP contribution in [0.4, 0.5) is 5.69 Å². The molecule has 3 aliphatic heterocycles. The maximum Gasteiger partial charge on any atom is 0.195 e. The lowest BCUT2D eigenvalue weighted by atomic mass is 9.70. The number of fused-ring (bicyclic) bond motifs is 4. The summed E-state index contributed by atoms with van der Waals surface area (Å²) in [6.07, 6.45) is 0. The predicted molar refractivity (Wildman–Crippen MR) is 158 cm³/mol. The third kappa shape index (κ3) is 4.52. The minimum atomic E-state index is -0.427. The van der Waals surface area contributed by atoms with Gasteiger partial charge in [0.1, 0.15) is 0 Å². The highest BCUT2D eigenvalue weighted by Gasteiger charge is 2.41. The molecule has 0 atom stereocenters. The smallest absolute Gasteiger partial charge is 0.195 e. The second-order valence-electron chi connectivity index (χ2n) is 12.0. The first kappa shape index (κ1) is 26.3. The second-order valence-corrected chi connectivity index (χ2v) is 12.0. The van der Waals surface area contributed by atoms with Gasteiger partial charge in [0.25, 0.3) is 0 Å². The monoisotopic (exact) mass is 549 g/mol. The Hall–Kier alpha value is -3.66. The molecule has 7 rings (SSSR count). The zero-order chi connectivity index (χ0) is 28.1. The maximum absolute atomic E-state index is 14.2. The minimum Gasteiger partial charge on any atom is -0.379 e. The number of H-pyrrole nitrogens is 1. The van der Waals surface area contributed by atoms with E-state index in [1.54, 1.807) is 6.07 Å². The molecular weight excluding hydrogens is 514 g/mol. The Bertz CT molecular complexity index is 1620.